The summed E-state index contributed by atoms with van der Waals surface area (Å²) in [6, 6.07) is 17.7. The number of aliphatic hydroxyl groups excluding tert-OH is 1. The molecule has 0 aliphatic carbocycles. The Balaban J connectivity index is 2.06. The lowest BCUT2D eigenvalue weighted by molar-refractivity contribution is 0.0946. The van der Waals surface area contributed by atoms with Gasteiger partial charge in [0.2, 0.25) is 0 Å². The van der Waals surface area contributed by atoms with Crippen LogP contribution < -0.4 is 5.32 Å². The van der Waals surface area contributed by atoms with Gasteiger partial charge in [0.25, 0.3) is 5.91 Å². The van der Waals surface area contributed by atoms with E-state index < -0.39 is 0 Å². The molecule has 0 saturated carbocycles. The van der Waals surface area contributed by atoms with E-state index in [1.165, 1.54) is 0 Å². The molecule has 0 aliphatic rings. The topological polar surface area (TPSA) is 49.3 Å². The number of aliphatic hydroxyl groups is 1. The van der Waals surface area contributed by atoms with Gasteiger partial charge >= 0.3 is 0 Å². The quantitative estimate of drug-likeness (QED) is 0.710. The molecule has 2 aromatic rings. The maximum atomic E-state index is 12.6. The first-order valence-electron chi connectivity index (χ1n) is 8.31. The van der Waals surface area contributed by atoms with Crippen LogP contribution in [0.3, 0.4) is 0 Å². The van der Waals surface area contributed by atoms with E-state index in [1.807, 2.05) is 54.6 Å². The van der Waals surface area contributed by atoms with Crippen LogP contribution in [-0.2, 0) is 0 Å². The van der Waals surface area contributed by atoms with Gasteiger partial charge in [0.1, 0.15) is 0 Å². The molecule has 2 aromatic carbocycles. The highest BCUT2D eigenvalue weighted by Crippen LogP contribution is 2.26. The van der Waals surface area contributed by atoms with Gasteiger partial charge < -0.3 is 10.4 Å². The molecule has 0 bridgehead atoms. The first kappa shape index (κ1) is 18.6. The number of benzene rings is 2. The van der Waals surface area contributed by atoms with E-state index in [-0.39, 0.29) is 18.4 Å². The van der Waals surface area contributed by atoms with E-state index in [0.29, 0.717) is 23.8 Å². The van der Waals surface area contributed by atoms with Gasteiger partial charge in [-0.05, 0) is 24.1 Å². The maximum absolute atomic E-state index is 12.6. The van der Waals surface area contributed by atoms with Crippen LogP contribution in [-0.4, -0.2) is 29.4 Å². The molecule has 3 nitrogen and oxygen atoms in total. The molecule has 0 aromatic heterocycles. The molecule has 1 unspecified atom stereocenters. The Bertz CT molecular complexity index is 643. The zero-order valence-corrected chi connectivity index (χ0v) is 15.1. The number of hydrogen-bond donors (Lipinski definition) is 2. The SMILES string of the molecule is CC(C)Sc1ccccc1C(=O)NCC(CCO)c1ccccc1. The normalized spacial score (nSPS) is 12.2. The summed E-state index contributed by atoms with van der Waals surface area (Å²) in [6.45, 7) is 4.86. The fraction of sp³-hybridized carbons (Fsp3) is 0.350. The second kappa shape index (κ2) is 9.50. The van der Waals surface area contributed by atoms with Crippen LogP contribution in [0.15, 0.2) is 59.5 Å². The molecule has 0 aliphatic heterocycles. The van der Waals surface area contributed by atoms with E-state index in [1.54, 1.807) is 11.8 Å². The smallest absolute Gasteiger partial charge is 0.252 e. The second-order valence-electron chi connectivity index (χ2n) is 5.99. The lowest BCUT2D eigenvalue weighted by Gasteiger charge is -2.18. The van der Waals surface area contributed by atoms with Gasteiger partial charge in [0.05, 0.1) is 5.56 Å². The van der Waals surface area contributed by atoms with Crippen LogP contribution in [0.5, 0.6) is 0 Å². The molecular formula is C20H25NO2S. The molecule has 1 atom stereocenters. The number of carbonyl (C=O) groups is 1. The molecule has 0 fully saturated rings. The van der Waals surface area contributed by atoms with Crippen molar-refractivity contribution in [2.24, 2.45) is 0 Å². The van der Waals surface area contributed by atoms with Gasteiger partial charge in [0.15, 0.2) is 0 Å². The molecule has 1 amide bonds. The predicted octanol–water partition coefficient (Wildman–Crippen LogP) is 4.08. The van der Waals surface area contributed by atoms with Crippen molar-refractivity contribution in [3.63, 3.8) is 0 Å². The van der Waals surface area contributed by atoms with Gasteiger partial charge in [-0.1, -0.05) is 56.3 Å². The Morgan fingerprint density at radius 1 is 1.08 bits per heavy atom. The molecule has 24 heavy (non-hydrogen) atoms. The van der Waals surface area contributed by atoms with Crippen LogP contribution in [0.4, 0.5) is 0 Å². The van der Waals surface area contributed by atoms with Crippen molar-refractivity contribution < 1.29 is 9.90 Å². The van der Waals surface area contributed by atoms with Crippen LogP contribution in [0.25, 0.3) is 0 Å². The minimum atomic E-state index is -0.0578. The third-order valence-corrected chi connectivity index (χ3v) is 4.83. The lowest BCUT2D eigenvalue weighted by atomic mass is 9.96. The summed E-state index contributed by atoms with van der Waals surface area (Å²) in [6.07, 6.45) is 0.632. The van der Waals surface area contributed by atoms with Crippen LogP contribution >= 0.6 is 11.8 Å². The first-order chi connectivity index (χ1) is 11.6. The third kappa shape index (κ3) is 5.39. The number of thioether (sulfide) groups is 1. The van der Waals surface area contributed by atoms with E-state index in [2.05, 4.69) is 19.2 Å². The van der Waals surface area contributed by atoms with Crippen LogP contribution in [0, 0.1) is 0 Å². The first-order valence-corrected chi connectivity index (χ1v) is 9.19. The largest absolute Gasteiger partial charge is 0.396 e. The van der Waals surface area contributed by atoms with Crippen molar-refractivity contribution in [2.45, 2.75) is 36.3 Å². The zero-order chi connectivity index (χ0) is 17.4. The summed E-state index contributed by atoms with van der Waals surface area (Å²) in [7, 11) is 0. The van der Waals surface area contributed by atoms with Gasteiger partial charge in [-0.15, -0.1) is 11.8 Å². The van der Waals surface area contributed by atoms with Crippen LogP contribution in [0.1, 0.15) is 42.1 Å². The van der Waals surface area contributed by atoms with Gasteiger partial charge in [-0.25, -0.2) is 0 Å². The molecule has 0 saturated heterocycles. The minimum absolute atomic E-state index is 0.0578. The number of amides is 1. The van der Waals surface area contributed by atoms with Gasteiger partial charge in [0, 0.05) is 29.2 Å². The van der Waals surface area contributed by atoms with Crippen LogP contribution in [0.2, 0.25) is 0 Å². The molecule has 4 heteroatoms. The Morgan fingerprint density at radius 2 is 1.75 bits per heavy atom. The summed E-state index contributed by atoms with van der Waals surface area (Å²) >= 11 is 1.69. The lowest BCUT2D eigenvalue weighted by Crippen LogP contribution is -2.29. The standard InChI is InChI=1S/C20H25NO2S/c1-15(2)24-19-11-7-6-10-18(19)20(23)21-14-17(12-13-22)16-8-4-3-5-9-16/h3-11,15,17,22H,12-14H2,1-2H3,(H,21,23). The average molecular weight is 343 g/mol. The van der Waals surface area contributed by atoms with E-state index in [4.69, 9.17) is 0 Å². The Kier molecular flexibility index (Phi) is 7.35. The molecule has 0 radical (unpaired) electrons. The minimum Gasteiger partial charge on any atom is -0.396 e. The predicted molar refractivity (Wildman–Crippen MR) is 101 cm³/mol. The average Bonchev–Trinajstić information content (AvgIpc) is 2.59. The highest BCUT2D eigenvalue weighted by atomic mass is 32.2. The van der Waals surface area contributed by atoms with E-state index in [9.17, 15) is 9.90 Å². The number of hydrogen-bond acceptors (Lipinski definition) is 3. The van der Waals surface area contributed by atoms with Crippen molar-refractivity contribution in [2.75, 3.05) is 13.2 Å². The molecular weight excluding hydrogens is 318 g/mol. The van der Waals surface area contributed by atoms with Crippen molar-refractivity contribution in [3.8, 4) is 0 Å². The molecule has 0 heterocycles. The van der Waals surface area contributed by atoms with Gasteiger partial charge in [-0.2, -0.15) is 0 Å². The summed E-state index contributed by atoms with van der Waals surface area (Å²) in [5.41, 5.74) is 1.85. The third-order valence-electron chi connectivity index (χ3n) is 3.75. The van der Waals surface area contributed by atoms with Crippen molar-refractivity contribution in [1.82, 2.24) is 5.32 Å². The number of rotatable bonds is 8. The summed E-state index contributed by atoms with van der Waals surface area (Å²) in [5.74, 6) is 0.0580. The second-order valence-corrected chi connectivity index (χ2v) is 7.61. The molecule has 2 N–H and O–H groups in total. The number of nitrogens with one attached hydrogen (secondary N) is 1. The van der Waals surface area contributed by atoms with Crippen molar-refractivity contribution in [3.05, 3.63) is 65.7 Å². The van der Waals surface area contributed by atoms with E-state index >= 15 is 0 Å². The molecule has 0 spiro atoms. The summed E-state index contributed by atoms with van der Waals surface area (Å²) in [4.78, 5) is 13.6. The van der Waals surface area contributed by atoms with Gasteiger partial charge in [-0.3, -0.25) is 4.79 Å². The highest BCUT2D eigenvalue weighted by molar-refractivity contribution is 8.00. The summed E-state index contributed by atoms with van der Waals surface area (Å²) < 4.78 is 0. The molecule has 128 valence electrons. The Hall–Kier alpha value is -1.78. The Morgan fingerprint density at radius 3 is 2.42 bits per heavy atom. The monoisotopic (exact) mass is 343 g/mol. The zero-order valence-electron chi connectivity index (χ0n) is 14.2. The number of carbonyl (C=O) groups excluding carboxylic acids is 1. The van der Waals surface area contributed by atoms with Crippen molar-refractivity contribution >= 4 is 17.7 Å². The fourth-order valence-electron chi connectivity index (χ4n) is 2.59. The van der Waals surface area contributed by atoms with E-state index in [0.717, 1.165) is 10.5 Å². The Labute approximate surface area is 148 Å². The maximum Gasteiger partial charge on any atom is 0.252 e. The fourth-order valence-corrected chi connectivity index (χ4v) is 3.54. The van der Waals surface area contributed by atoms with Crippen molar-refractivity contribution in [1.29, 1.82) is 0 Å². The molecule has 2 rings (SSSR count). The highest BCUT2D eigenvalue weighted by Gasteiger charge is 2.16. The summed E-state index contributed by atoms with van der Waals surface area (Å²) in [5, 5.41) is 12.8.